The van der Waals surface area contributed by atoms with Crippen LogP contribution in [0, 0.1) is 0 Å². The number of hydrogen-bond donors (Lipinski definition) is 0. The lowest BCUT2D eigenvalue weighted by Crippen LogP contribution is -2.10. The zero-order chi connectivity index (χ0) is 19.6. The summed E-state index contributed by atoms with van der Waals surface area (Å²) in [5.74, 6) is 3.24. The first-order valence-corrected chi connectivity index (χ1v) is 9.34. The fourth-order valence-electron chi connectivity index (χ4n) is 3.51. The van der Waals surface area contributed by atoms with Crippen molar-refractivity contribution in [1.82, 2.24) is 0 Å². The van der Waals surface area contributed by atoms with E-state index in [1.807, 2.05) is 51.1 Å². The molecule has 0 radical (unpaired) electrons. The molecule has 0 saturated heterocycles. The highest BCUT2D eigenvalue weighted by atomic mass is 16.5. The molecule has 1 heterocycles. The highest BCUT2D eigenvalue weighted by Gasteiger charge is 2.35. The molecule has 1 aliphatic rings. The second-order valence-electron chi connectivity index (χ2n) is 7.05. The van der Waals surface area contributed by atoms with Crippen molar-refractivity contribution in [1.29, 1.82) is 0 Å². The molecule has 0 bridgehead atoms. The Bertz CT molecular complexity index is 839. The molecule has 0 unspecified atom stereocenters. The molecule has 0 spiro atoms. The Hall–Kier alpha value is -2.62. The number of ether oxygens (including phenoxy) is 4. The van der Waals surface area contributed by atoms with Crippen molar-refractivity contribution in [3.63, 3.8) is 0 Å². The van der Waals surface area contributed by atoms with Crippen LogP contribution in [0.2, 0.25) is 0 Å². The van der Waals surface area contributed by atoms with E-state index in [2.05, 4.69) is 19.1 Å². The Morgan fingerprint density at radius 2 is 1.74 bits per heavy atom. The molecule has 27 heavy (non-hydrogen) atoms. The van der Waals surface area contributed by atoms with Gasteiger partial charge in [0.05, 0.1) is 20.3 Å². The van der Waals surface area contributed by atoms with Crippen LogP contribution in [-0.2, 0) is 0 Å². The van der Waals surface area contributed by atoms with Crippen molar-refractivity contribution < 1.29 is 18.9 Å². The van der Waals surface area contributed by atoms with Crippen LogP contribution in [0.4, 0.5) is 0 Å². The molecule has 3 rings (SSSR count). The fourth-order valence-corrected chi connectivity index (χ4v) is 3.51. The Balaban J connectivity index is 1.97. The standard InChI is InChI=1S/C23H28O4/c1-7-8-16-11-18-15(4)22(27-23(18)21(12-16)25-6)17-9-10-19(26-14(2)3)20(13-17)24-5/h7-15,22H,1-6H3/b8-7+/t15-,22-/m1/s1. The molecule has 4 nitrogen and oxygen atoms in total. The van der Waals surface area contributed by atoms with Crippen molar-refractivity contribution >= 4 is 6.08 Å². The van der Waals surface area contributed by atoms with E-state index < -0.39 is 0 Å². The Morgan fingerprint density at radius 3 is 2.37 bits per heavy atom. The molecule has 0 saturated carbocycles. The maximum atomic E-state index is 6.34. The third kappa shape index (κ3) is 3.75. The second kappa shape index (κ2) is 7.95. The summed E-state index contributed by atoms with van der Waals surface area (Å²) in [6, 6.07) is 10.2. The molecule has 0 N–H and O–H groups in total. The summed E-state index contributed by atoms with van der Waals surface area (Å²) in [5, 5.41) is 0. The first kappa shape index (κ1) is 19.2. The first-order valence-electron chi connectivity index (χ1n) is 9.34. The molecule has 0 fully saturated rings. The van der Waals surface area contributed by atoms with Crippen molar-refractivity contribution in [2.75, 3.05) is 14.2 Å². The van der Waals surface area contributed by atoms with Crippen molar-refractivity contribution in [3.8, 4) is 23.0 Å². The SMILES string of the molecule is C/C=C/c1cc(OC)c2c(c1)[C@@H](C)[C@H](c1ccc(OC(C)C)c(OC)c1)O2. The smallest absolute Gasteiger partial charge is 0.165 e. The quantitative estimate of drug-likeness (QED) is 0.649. The lowest BCUT2D eigenvalue weighted by molar-refractivity contribution is 0.206. The molecular formula is C23H28O4. The van der Waals surface area contributed by atoms with Gasteiger partial charge in [-0.1, -0.05) is 25.1 Å². The van der Waals surface area contributed by atoms with Gasteiger partial charge in [0.2, 0.25) is 0 Å². The summed E-state index contributed by atoms with van der Waals surface area (Å²) >= 11 is 0. The minimum Gasteiger partial charge on any atom is -0.493 e. The zero-order valence-corrected chi connectivity index (χ0v) is 16.9. The molecule has 0 amide bonds. The summed E-state index contributed by atoms with van der Waals surface area (Å²) in [4.78, 5) is 0. The average molecular weight is 368 g/mol. The number of benzene rings is 2. The van der Waals surface area contributed by atoms with Crippen LogP contribution in [-0.4, -0.2) is 20.3 Å². The van der Waals surface area contributed by atoms with E-state index in [1.54, 1.807) is 14.2 Å². The molecule has 1 aliphatic heterocycles. The largest absolute Gasteiger partial charge is 0.493 e. The van der Waals surface area contributed by atoms with E-state index in [-0.39, 0.29) is 18.1 Å². The van der Waals surface area contributed by atoms with E-state index in [9.17, 15) is 0 Å². The van der Waals surface area contributed by atoms with Crippen molar-refractivity contribution in [3.05, 3.63) is 53.1 Å². The van der Waals surface area contributed by atoms with E-state index in [0.29, 0.717) is 0 Å². The van der Waals surface area contributed by atoms with Gasteiger partial charge in [0.1, 0.15) is 6.10 Å². The third-order valence-corrected chi connectivity index (χ3v) is 4.75. The molecule has 2 aromatic rings. The van der Waals surface area contributed by atoms with Crippen molar-refractivity contribution in [2.45, 2.75) is 45.8 Å². The summed E-state index contributed by atoms with van der Waals surface area (Å²) in [5.41, 5.74) is 3.33. The predicted octanol–water partition coefficient (Wildman–Crippen LogP) is 5.76. The van der Waals surface area contributed by atoms with Gasteiger partial charge in [0, 0.05) is 11.5 Å². The number of allylic oxidation sites excluding steroid dienone is 1. The van der Waals surface area contributed by atoms with Crippen LogP contribution in [0.15, 0.2) is 36.4 Å². The molecule has 144 valence electrons. The van der Waals surface area contributed by atoms with Crippen LogP contribution >= 0.6 is 0 Å². The van der Waals surface area contributed by atoms with Crippen LogP contribution in [0.3, 0.4) is 0 Å². The monoisotopic (exact) mass is 368 g/mol. The molecule has 2 aromatic carbocycles. The van der Waals surface area contributed by atoms with Gasteiger partial charge in [0.15, 0.2) is 23.0 Å². The minimum absolute atomic E-state index is 0.0879. The fraction of sp³-hybridized carbons (Fsp3) is 0.391. The van der Waals surface area contributed by atoms with Crippen molar-refractivity contribution in [2.24, 2.45) is 0 Å². The molecule has 4 heteroatoms. The van der Waals surface area contributed by atoms with Gasteiger partial charge < -0.3 is 18.9 Å². The Kier molecular flexibility index (Phi) is 5.64. The van der Waals surface area contributed by atoms with E-state index >= 15 is 0 Å². The number of methoxy groups -OCH3 is 2. The number of fused-ring (bicyclic) bond motifs is 1. The normalized spacial score (nSPS) is 18.5. The first-order chi connectivity index (χ1) is 13.0. The Morgan fingerprint density at radius 1 is 1.00 bits per heavy atom. The third-order valence-electron chi connectivity index (χ3n) is 4.75. The molecule has 2 atom stereocenters. The number of hydrogen-bond acceptors (Lipinski definition) is 4. The van der Waals surface area contributed by atoms with Gasteiger partial charge in [-0.15, -0.1) is 0 Å². The molecule has 0 aliphatic carbocycles. The summed E-state index contributed by atoms with van der Waals surface area (Å²) in [6.45, 7) is 8.19. The van der Waals surface area contributed by atoms with E-state index in [1.165, 1.54) is 0 Å². The maximum absolute atomic E-state index is 6.34. The second-order valence-corrected chi connectivity index (χ2v) is 7.05. The van der Waals surface area contributed by atoms with Gasteiger partial charge in [-0.25, -0.2) is 0 Å². The number of rotatable bonds is 6. The topological polar surface area (TPSA) is 36.9 Å². The molecular weight excluding hydrogens is 340 g/mol. The summed E-state index contributed by atoms with van der Waals surface area (Å²) < 4.78 is 23.3. The van der Waals surface area contributed by atoms with E-state index in [0.717, 1.165) is 39.7 Å². The van der Waals surface area contributed by atoms with Crippen LogP contribution in [0.1, 0.15) is 56.4 Å². The average Bonchev–Trinajstić information content (AvgIpc) is 2.98. The zero-order valence-electron chi connectivity index (χ0n) is 16.9. The minimum atomic E-state index is -0.100. The molecule has 0 aromatic heterocycles. The summed E-state index contributed by atoms with van der Waals surface area (Å²) in [7, 11) is 3.34. The highest BCUT2D eigenvalue weighted by Crippen LogP contribution is 2.51. The van der Waals surface area contributed by atoms with Gasteiger partial charge in [-0.3, -0.25) is 0 Å². The van der Waals surface area contributed by atoms with Gasteiger partial charge in [-0.05, 0) is 56.2 Å². The predicted molar refractivity (Wildman–Crippen MR) is 108 cm³/mol. The maximum Gasteiger partial charge on any atom is 0.165 e. The van der Waals surface area contributed by atoms with Gasteiger partial charge in [-0.2, -0.15) is 0 Å². The van der Waals surface area contributed by atoms with Crippen LogP contribution in [0.5, 0.6) is 23.0 Å². The van der Waals surface area contributed by atoms with Crippen LogP contribution < -0.4 is 18.9 Å². The van der Waals surface area contributed by atoms with Gasteiger partial charge >= 0.3 is 0 Å². The summed E-state index contributed by atoms with van der Waals surface area (Å²) in [6.07, 6.45) is 4.09. The van der Waals surface area contributed by atoms with Gasteiger partial charge in [0.25, 0.3) is 0 Å². The van der Waals surface area contributed by atoms with E-state index in [4.69, 9.17) is 18.9 Å². The highest BCUT2D eigenvalue weighted by molar-refractivity contribution is 5.62. The lowest BCUT2D eigenvalue weighted by Gasteiger charge is -2.19. The lowest BCUT2D eigenvalue weighted by atomic mass is 9.91. The van der Waals surface area contributed by atoms with Crippen LogP contribution in [0.25, 0.3) is 6.08 Å². The Labute approximate surface area is 161 Å².